The van der Waals surface area contributed by atoms with Crippen molar-refractivity contribution < 1.29 is 4.79 Å². The maximum absolute atomic E-state index is 12.8. The van der Waals surface area contributed by atoms with Gasteiger partial charge in [0.15, 0.2) is 10.6 Å². The summed E-state index contributed by atoms with van der Waals surface area (Å²) in [5, 5.41) is 11.1. The molecule has 0 aliphatic rings. The van der Waals surface area contributed by atoms with Gasteiger partial charge in [0.2, 0.25) is 5.91 Å². The maximum Gasteiger partial charge on any atom is 0.245 e. The second-order valence-electron chi connectivity index (χ2n) is 5.30. The number of likely N-dealkylation sites (N-methyl/N-ethyl adjacent to an activating group) is 1. The normalized spacial score (nSPS) is 12.3. The van der Waals surface area contributed by atoms with E-state index in [2.05, 4.69) is 26.1 Å². The van der Waals surface area contributed by atoms with E-state index < -0.39 is 6.04 Å². The number of aromatic nitrogens is 3. The molecule has 0 saturated carbocycles. The summed E-state index contributed by atoms with van der Waals surface area (Å²) >= 11 is 12.0. The third-order valence-corrected chi connectivity index (χ3v) is 6.42. The first-order chi connectivity index (χ1) is 11.5. The van der Waals surface area contributed by atoms with Gasteiger partial charge in [-0.2, -0.15) is 5.10 Å². The van der Waals surface area contributed by atoms with Gasteiger partial charge in [0.25, 0.3) is 0 Å². The van der Waals surface area contributed by atoms with Gasteiger partial charge < -0.3 is 4.90 Å². The molecule has 0 fully saturated rings. The Balaban J connectivity index is 1.83. The van der Waals surface area contributed by atoms with Crippen LogP contribution < -0.4 is 0 Å². The Morgan fingerprint density at radius 2 is 2.33 bits per heavy atom. The molecule has 0 aromatic carbocycles. The van der Waals surface area contributed by atoms with E-state index in [9.17, 15) is 4.79 Å². The molecule has 1 unspecified atom stereocenters. The largest absolute Gasteiger partial charge is 0.339 e. The number of aromatic amines is 1. The summed E-state index contributed by atoms with van der Waals surface area (Å²) in [6.07, 6.45) is 0. The molecule has 3 aromatic heterocycles. The number of amides is 1. The van der Waals surface area contributed by atoms with Gasteiger partial charge in [-0.05, 0) is 52.6 Å². The summed E-state index contributed by atoms with van der Waals surface area (Å²) < 4.78 is 3.27. The molecule has 0 saturated heterocycles. The minimum absolute atomic E-state index is 0.00479. The maximum atomic E-state index is 12.8. The fraction of sp³-hybridized carbons (Fsp3) is 0.267. The standard InChI is InChI=1S/C15H15BrN4OS3/c1-9(14(21)19(2)7-11-6-10(16)8-24-11)20-13(17-18-15(20)22)12-4-3-5-23-12/h3-6,8-9H,7H2,1-2H3,(H,18,22). The van der Waals surface area contributed by atoms with Gasteiger partial charge in [-0.25, -0.2) is 0 Å². The highest BCUT2D eigenvalue weighted by Gasteiger charge is 2.24. The van der Waals surface area contributed by atoms with Crippen LogP contribution in [0.1, 0.15) is 17.8 Å². The third kappa shape index (κ3) is 3.53. The van der Waals surface area contributed by atoms with Crippen molar-refractivity contribution in [1.82, 2.24) is 19.7 Å². The van der Waals surface area contributed by atoms with Gasteiger partial charge in [-0.3, -0.25) is 14.5 Å². The van der Waals surface area contributed by atoms with Gasteiger partial charge in [-0.1, -0.05) is 6.07 Å². The smallest absolute Gasteiger partial charge is 0.245 e. The lowest BCUT2D eigenvalue weighted by Gasteiger charge is -2.22. The van der Waals surface area contributed by atoms with E-state index in [0.29, 0.717) is 17.1 Å². The summed E-state index contributed by atoms with van der Waals surface area (Å²) in [4.78, 5) is 16.7. The van der Waals surface area contributed by atoms with Crippen molar-refractivity contribution in [3.63, 3.8) is 0 Å². The van der Waals surface area contributed by atoms with E-state index in [-0.39, 0.29) is 5.91 Å². The number of thiophene rings is 2. The van der Waals surface area contributed by atoms with Crippen LogP contribution in [0.15, 0.2) is 33.4 Å². The van der Waals surface area contributed by atoms with Crippen LogP contribution in [0.4, 0.5) is 0 Å². The molecule has 5 nitrogen and oxygen atoms in total. The van der Waals surface area contributed by atoms with Crippen molar-refractivity contribution in [1.29, 1.82) is 0 Å². The first-order valence-corrected chi connectivity index (χ1v) is 10.1. The number of halogens is 1. The highest BCUT2D eigenvalue weighted by Crippen LogP contribution is 2.27. The lowest BCUT2D eigenvalue weighted by atomic mass is 10.2. The van der Waals surface area contributed by atoms with Crippen molar-refractivity contribution in [2.45, 2.75) is 19.5 Å². The second kappa shape index (κ2) is 7.30. The number of carbonyl (C=O) groups excluding carboxylic acids is 1. The number of nitrogens with zero attached hydrogens (tertiary/aromatic N) is 3. The summed E-state index contributed by atoms with van der Waals surface area (Å²) in [7, 11) is 1.81. The minimum Gasteiger partial charge on any atom is -0.339 e. The summed E-state index contributed by atoms with van der Waals surface area (Å²) in [6.45, 7) is 2.42. The lowest BCUT2D eigenvalue weighted by Crippen LogP contribution is -2.32. The zero-order valence-corrected chi connectivity index (χ0v) is 17.1. The average Bonchev–Trinajstić information content (AvgIpc) is 3.27. The Morgan fingerprint density at radius 1 is 1.54 bits per heavy atom. The number of hydrogen-bond donors (Lipinski definition) is 1. The summed E-state index contributed by atoms with van der Waals surface area (Å²) in [6, 6.07) is 5.52. The third-order valence-electron chi connectivity index (χ3n) is 3.58. The molecule has 9 heteroatoms. The first kappa shape index (κ1) is 17.5. The highest BCUT2D eigenvalue weighted by atomic mass is 79.9. The van der Waals surface area contributed by atoms with E-state index in [1.54, 1.807) is 39.2 Å². The number of carbonyl (C=O) groups is 1. The van der Waals surface area contributed by atoms with Crippen LogP contribution in [-0.2, 0) is 11.3 Å². The molecular formula is C15H15BrN4OS3. The SMILES string of the molecule is CC(C(=O)N(C)Cc1cc(Br)cs1)n1c(-c2cccs2)n[nH]c1=S. The molecule has 0 aliphatic heterocycles. The van der Waals surface area contributed by atoms with Gasteiger partial charge in [0, 0.05) is 21.8 Å². The zero-order valence-electron chi connectivity index (χ0n) is 13.0. The highest BCUT2D eigenvalue weighted by molar-refractivity contribution is 9.10. The van der Waals surface area contributed by atoms with Gasteiger partial charge in [0.1, 0.15) is 6.04 Å². The van der Waals surface area contributed by atoms with Gasteiger partial charge in [-0.15, -0.1) is 22.7 Å². The summed E-state index contributed by atoms with van der Waals surface area (Å²) in [5.41, 5.74) is 0. The Hall–Kier alpha value is -1.29. The lowest BCUT2D eigenvalue weighted by molar-refractivity contribution is -0.133. The Bertz CT molecular complexity index is 896. The van der Waals surface area contributed by atoms with E-state index in [1.165, 1.54) is 0 Å². The van der Waals surface area contributed by atoms with Crippen LogP contribution in [0.5, 0.6) is 0 Å². The molecule has 1 atom stereocenters. The number of nitrogens with one attached hydrogen (secondary N) is 1. The predicted octanol–water partition coefficient (Wildman–Crippen LogP) is 4.71. The Morgan fingerprint density at radius 3 is 2.96 bits per heavy atom. The molecule has 24 heavy (non-hydrogen) atoms. The van der Waals surface area contributed by atoms with Gasteiger partial charge in [0.05, 0.1) is 11.4 Å². The average molecular weight is 443 g/mol. The molecule has 1 N–H and O–H groups in total. The van der Waals surface area contributed by atoms with Gasteiger partial charge >= 0.3 is 0 Å². The van der Waals surface area contributed by atoms with E-state index in [4.69, 9.17) is 12.2 Å². The number of hydrogen-bond acceptors (Lipinski definition) is 5. The van der Waals surface area contributed by atoms with E-state index >= 15 is 0 Å². The van der Waals surface area contributed by atoms with E-state index in [0.717, 1.165) is 14.2 Å². The van der Waals surface area contributed by atoms with Crippen molar-refractivity contribution in [2.24, 2.45) is 0 Å². The topological polar surface area (TPSA) is 53.9 Å². The molecule has 1 amide bonds. The van der Waals surface area contributed by atoms with Crippen LogP contribution in [0, 0.1) is 4.77 Å². The van der Waals surface area contributed by atoms with Crippen LogP contribution in [0.25, 0.3) is 10.7 Å². The Kier molecular flexibility index (Phi) is 5.33. The molecule has 126 valence electrons. The monoisotopic (exact) mass is 442 g/mol. The fourth-order valence-corrected chi connectivity index (χ4v) is 4.93. The van der Waals surface area contributed by atoms with Crippen molar-refractivity contribution in [2.75, 3.05) is 7.05 Å². The second-order valence-corrected chi connectivity index (χ2v) is 8.55. The summed E-state index contributed by atoms with van der Waals surface area (Å²) in [5.74, 6) is 0.693. The predicted molar refractivity (Wildman–Crippen MR) is 104 cm³/mol. The molecule has 0 spiro atoms. The van der Waals surface area contributed by atoms with Crippen LogP contribution in [0.2, 0.25) is 0 Å². The molecular weight excluding hydrogens is 428 g/mol. The molecule has 0 radical (unpaired) electrons. The molecule has 0 aliphatic carbocycles. The fourth-order valence-electron chi connectivity index (χ4n) is 2.42. The Labute approximate surface area is 161 Å². The number of rotatable bonds is 5. The van der Waals surface area contributed by atoms with Crippen molar-refractivity contribution in [3.05, 3.63) is 43.1 Å². The molecule has 0 bridgehead atoms. The molecule has 3 heterocycles. The zero-order chi connectivity index (χ0) is 17.3. The number of H-pyrrole nitrogens is 1. The molecule has 3 rings (SSSR count). The van der Waals surface area contributed by atoms with Crippen LogP contribution in [0.3, 0.4) is 0 Å². The van der Waals surface area contributed by atoms with Crippen LogP contribution >= 0.6 is 50.8 Å². The van der Waals surface area contributed by atoms with Crippen molar-refractivity contribution >= 4 is 56.7 Å². The van der Waals surface area contributed by atoms with E-state index in [1.807, 2.05) is 35.9 Å². The van der Waals surface area contributed by atoms with Crippen LogP contribution in [-0.4, -0.2) is 32.6 Å². The first-order valence-electron chi connectivity index (χ1n) is 7.16. The molecule has 3 aromatic rings. The minimum atomic E-state index is -0.429. The van der Waals surface area contributed by atoms with Crippen molar-refractivity contribution in [3.8, 4) is 10.7 Å². The quantitative estimate of drug-likeness (QED) is 0.581.